The van der Waals surface area contributed by atoms with Gasteiger partial charge in [0, 0.05) is 27.3 Å². The van der Waals surface area contributed by atoms with Gasteiger partial charge < -0.3 is 39.4 Å². The molecule has 0 aromatic carbocycles. The van der Waals surface area contributed by atoms with Gasteiger partial charge >= 0.3 is 0 Å². The van der Waals surface area contributed by atoms with E-state index in [1.165, 1.54) is 24.3 Å². The predicted octanol–water partition coefficient (Wildman–Crippen LogP) is -0.761. The zero-order valence-electron chi connectivity index (χ0n) is 23.2. The van der Waals surface area contributed by atoms with Crippen LogP contribution >= 0.6 is 0 Å². The minimum atomic E-state index is -0.933. The minimum Gasteiger partial charge on any atom is -0.389 e. The van der Waals surface area contributed by atoms with Gasteiger partial charge in [0.2, 0.25) is 0 Å². The molecule has 0 saturated carbocycles. The highest BCUT2D eigenvalue weighted by molar-refractivity contribution is 4.88. The van der Waals surface area contributed by atoms with Gasteiger partial charge in [-0.3, -0.25) is 0 Å². The molecule has 4 unspecified atom stereocenters. The maximum absolute atomic E-state index is 10.4. The molecule has 226 valence electrons. The zero-order valence-corrected chi connectivity index (χ0v) is 23.2. The Hall–Kier alpha value is -1.08. The lowest BCUT2D eigenvalue weighted by Crippen LogP contribution is -2.43. The summed E-state index contributed by atoms with van der Waals surface area (Å²) in [6.07, 6.45) is -3.69. The van der Waals surface area contributed by atoms with Crippen molar-refractivity contribution >= 4 is 0 Å². The maximum Gasteiger partial charge on any atom is 0.112 e. The standard InChI is InChI=1S/C24H48N2O12/c1-19(2)11-33-15-21(27)9-25(37-35-17-23(29)13-31-5)7-8-26(38-36-18-24(30)14-32-6)10-22(28)16-34-12-20(3)4/h21-24,27-30H,1,3,7-18H2,2,4-6H3. The molecule has 0 spiro atoms. The highest BCUT2D eigenvalue weighted by Crippen LogP contribution is 2.04. The Balaban J connectivity index is 5.05. The van der Waals surface area contributed by atoms with E-state index in [0.29, 0.717) is 13.2 Å². The van der Waals surface area contributed by atoms with Crippen molar-refractivity contribution in [2.24, 2.45) is 0 Å². The molecule has 38 heavy (non-hydrogen) atoms. The van der Waals surface area contributed by atoms with Crippen LogP contribution in [0.5, 0.6) is 0 Å². The molecule has 0 aliphatic heterocycles. The highest BCUT2D eigenvalue weighted by atomic mass is 17.3. The van der Waals surface area contributed by atoms with Gasteiger partial charge in [-0.05, 0) is 13.8 Å². The number of hydrogen-bond donors (Lipinski definition) is 4. The van der Waals surface area contributed by atoms with Gasteiger partial charge in [0.05, 0.1) is 64.9 Å². The lowest BCUT2D eigenvalue weighted by atomic mass is 10.3. The van der Waals surface area contributed by atoms with Crippen LogP contribution in [0.1, 0.15) is 13.8 Å². The van der Waals surface area contributed by atoms with E-state index in [0.717, 1.165) is 11.1 Å². The van der Waals surface area contributed by atoms with Crippen molar-refractivity contribution in [1.82, 2.24) is 10.1 Å². The van der Waals surface area contributed by atoms with Gasteiger partial charge in [0.1, 0.15) is 25.4 Å². The number of ether oxygens (including phenoxy) is 4. The number of hydrogen-bond acceptors (Lipinski definition) is 14. The van der Waals surface area contributed by atoms with Crippen molar-refractivity contribution in [3.63, 3.8) is 0 Å². The van der Waals surface area contributed by atoms with Gasteiger partial charge in [-0.25, -0.2) is 9.78 Å². The van der Waals surface area contributed by atoms with Crippen molar-refractivity contribution in [2.45, 2.75) is 38.3 Å². The zero-order chi connectivity index (χ0) is 28.8. The number of aliphatic hydroxyl groups excluding tert-OH is 4. The maximum atomic E-state index is 10.4. The topological polar surface area (TPSA) is 161 Å². The molecule has 0 aliphatic rings. The van der Waals surface area contributed by atoms with E-state index in [1.807, 2.05) is 13.8 Å². The van der Waals surface area contributed by atoms with E-state index in [-0.39, 0.29) is 65.8 Å². The molecule has 0 fully saturated rings. The summed E-state index contributed by atoms with van der Waals surface area (Å²) in [5, 5.41) is 42.9. The molecule has 0 rings (SSSR count). The minimum absolute atomic E-state index is 0.0118. The average Bonchev–Trinajstić information content (AvgIpc) is 2.82. The second kappa shape index (κ2) is 23.8. The molecule has 0 saturated heterocycles. The third-order valence-electron chi connectivity index (χ3n) is 4.30. The Morgan fingerprint density at radius 2 is 0.974 bits per heavy atom. The third-order valence-corrected chi connectivity index (χ3v) is 4.30. The first-order chi connectivity index (χ1) is 18.1. The van der Waals surface area contributed by atoms with Crippen LogP contribution in [-0.4, -0.2) is 148 Å². The van der Waals surface area contributed by atoms with Crippen molar-refractivity contribution in [2.75, 3.05) is 93.3 Å². The predicted molar refractivity (Wildman–Crippen MR) is 136 cm³/mol. The number of hydroxylamine groups is 4. The van der Waals surface area contributed by atoms with Crippen molar-refractivity contribution in [3.8, 4) is 0 Å². The van der Waals surface area contributed by atoms with Gasteiger partial charge in [0.25, 0.3) is 0 Å². The Morgan fingerprint density at radius 1 is 0.605 bits per heavy atom. The first-order valence-electron chi connectivity index (χ1n) is 12.3. The summed E-state index contributed by atoms with van der Waals surface area (Å²) in [7, 11) is 2.89. The molecule has 0 amide bonds. The van der Waals surface area contributed by atoms with Gasteiger partial charge in [0.15, 0.2) is 0 Å². The normalized spacial score (nSPS) is 15.1. The fourth-order valence-corrected chi connectivity index (χ4v) is 2.70. The van der Waals surface area contributed by atoms with Crippen LogP contribution in [-0.2, 0) is 38.7 Å². The van der Waals surface area contributed by atoms with Gasteiger partial charge in [-0.15, -0.1) is 9.98 Å². The van der Waals surface area contributed by atoms with Crippen LogP contribution in [0.3, 0.4) is 0 Å². The quantitative estimate of drug-likeness (QED) is 0.0567. The SMILES string of the molecule is C=C(C)COCC(O)CN(CCN(CC(O)COCC(=C)C)OOCC(O)COC)OOCC(O)COC. The summed E-state index contributed by atoms with van der Waals surface area (Å²) in [5.74, 6) is 0. The molecule has 0 aliphatic carbocycles. The van der Waals surface area contributed by atoms with Crippen LogP contribution in [0, 0.1) is 0 Å². The number of rotatable bonds is 27. The summed E-state index contributed by atoms with van der Waals surface area (Å²) in [6.45, 7) is 11.7. The molecular weight excluding hydrogens is 508 g/mol. The van der Waals surface area contributed by atoms with E-state index >= 15 is 0 Å². The summed E-state index contributed by atoms with van der Waals surface area (Å²) in [5.41, 5.74) is 1.63. The Kier molecular flexibility index (Phi) is 23.1. The second-order valence-electron chi connectivity index (χ2n) is 8.96. The fourth-order valence-electron chi connectivity index (χ4n) is 2.70. The first kappa shape index (κ1) is 36.9. The van der Waals surface area contributed by atoms with Crippen molar-refractivity contribution in [1.29, 1.82) is 0 Å². The molecule has 0 aromatic rings. The van der Waals surface area contributed by atoms with Gasteiger partial charge in [-0.2, -0.15) is 10.1 Å². The largest absolute Gasteiger partial charge is 0.389 e. The van der Waals surface area contributed by atoms with Crippen LogP contribution < -0.4 is 0 Å². The smallest absolute Gasteiger partial charge is 0.112 e. The van der Waals surface area contributed by atoms with E-state index in [4.69, 9.17) is 38.7 Å². The van der Waals surface area contributed by atoms with Crippen molar-refractivity contribution < 1.29 is 59.1 Å². The van der Waals surface area contributed by atoms with Gasteiger partial charge in [-0.1, -0.05) is 24.3 Å². The van der Waals surface area contributed by atoms with E-state index in [2.05, 4.69) is 13.2 Å². The number of aliphatic hydroxyl groups is 4. The number of nitrogens with zero attached hydrogens (tertiary/aromatic N) is 2. The lowest BCUT2D eigenvalue weighted by molar-refractivity contribution is -0.452. The molecule has 0 heterocycles. The first-order valence-corrected chi connectivity index (χ1v) is 12.3. The lowest BCUT2D eigenvalue weighted by Gasteiger charge is -2.27. The molecule has 4 N–H and O–H groups in total. The van der Waals surface area contributed by atoms with Crippen LogP contribution in [0.15, 0.2) is 24.3 Å². The summed E-state index contributed by atoms with van der Waals surface area (Å²) >= 11 is 0. The van der Waals surface area contributed by atoms with Crippen LogP contribution in [0.25, 0.3) is 0 Å². The Bertz CT molecular complexity index is 551. The molecule has 14 heteroatoms. The molecule has 14 nitrogen and oxygen atoms in total. The average molecular weight is 557 g/mol. The fraction of sp³-hybridized carbons (Fsp3) is 0.833. The van der Waals surface area contributed by atoms with Crippen LogP contribution in [0.2, 0.25) is 0 Å². The third kappa shape index (κ3) is 22.9. The Labute approximate surface area is 225 Å². The second-order valence-corrected chi connectivity index (χ2v) is 8.96. The molecule has 0 radical (unpaired) electrons. The molecule has 0 aromatic heterocycles. The van der Waals surface area contributed by atoms with Crippen LogP contribution in [0.4, 0.5) is 0 Å². The van der Waals surface area contributed by atoms with E-state index in [9.17, 15) is 20.4 Å². The molecule has 4 atom stereocenters. The highest BCUT2D eigenvalue weighted by Gasteiger charge is 2.20. The van der Waals surface area contributed by atoms with E-state index < -0.39 is 24.4 Å². The monoisotopic (exact) mass is 556 g/mol. The summed E-state index contributed by atoms with van der Waals surface area (Å²) < 4.78 is 20.5. The Morgan fingerprint density at radius 3 is 1.29 bits per heavy atom. The molecule has 0 bridgehead atoms. The van der Waals surface area contributed by atoms with E-state index in [1.54, 1.807) is 0 Å². The molecular formula is C24H48N2O12. The number of methoxy groups -OCH3 is 2. The summed E-state index contributed by atoms with van der Waals surface area (Å²) in [4.78, 5) is 20.8. The van der Waals surface area contributed by atoms with Crippen molar-refractivity contribution in [3.05, 3.63) is 24.3 Å². The summed E-state index contributed by atoms with van der Waals surface area (Å²) in [6, 6.07) is 0.